The molecule has 120 valence electrons. The Kier molecular flexibility index (Phi) is 5.41. The topological polar surface area (TPSA) is 73.4 Å². The molecule has 0 heterocycles. The fraction of sp³-hybridized carbons (Fsp3) is 0.125. The molecule has 0 aliphatic heterocycles. The van der Waals surface area contributed by atoms with Crippen LogP contribution in [-0.4, -0.2) is 16.1 Å². The lowest BCUT2D eigenvalue weighted by Gasteiger charge is -2.15. The minimum Gasteiger partial charge on any atom is -0.507 e. The molecule has 23 heavy (non-hydrogen) atoms. The number of phenols is 1. The van der Waals surface area contributed by atoms with Crippen molar-refractivity contribution >= 4 is 40.5 Å². The summed E-state index contributed by atoms with van der Waals surface area (Å²) in [6.07, 6.45) is 0. The number of hydrogen-bond donors (Lipinski definition) is 4. The number of thiocarbonyl (C=S) groups is 1. The second-order valence-electron chi connectivity index (χ2n) is 4.99. The Balaban J connectivity index is 1.99. The summed E-state index contributed by atoms with van der Waals surface area (Å²) in [7, 11) is 0. The lowest BCUT2D eigenvalue weighted by molar-refractivity contribution is 0.0941. The third-order valence-corrected chi connectivity index (χ3v) is 3.61. The molecule has 0 spiro atoms. The van der Waals surface area contributed by atoms with E-state index < -0.39 is 5.91 Å². The molecular weight excluding hydrogens is 334 g/mol. The highest BCUT2D eigenvalue weighted by Gasteiger charge is 2.11. The first-order valence-corrected chi connectivity index (χ1v) is 7.59. The van der Waals surface area contributed by atoms with Gasteiger partial charge in [-0.15, -0.1) is 0 Å². The van der Waals surface area contributed by atoms with Crippen LogP contribution in [-0.2, 0) is 0 Å². The highest BCUT2D eigenvalue weighted by molar-refractivity contribution is 7.80. The van der Waals surface area contributed by atoms with Gasteiger partial charge in [-0.1, -0.05) is 29.8 Å². The summed E-state index contributed by atoms with van der Waals surface area (Å²) in [4.78, 5) is 12.0. The summed E-state index contributed by atoms with van der Waals surface area (Å²) in [5, 5.41) is 13.3. The van der Waals surface area contributed by atoms with Crippen LogP contribution in [0.2, 0.25) is 5.02 Å². The quantitative estimate of drug-likeness (QED) is 0.494. The first-order valence-electron chi connectivity index (χ1n) is 6.80. The van der Waals surface area contributed by atoms with Gasteiger partial charge in [0.2, 0.25) is 0 Å². The molecule has 1 amide bonds. The molecular formula is C16H16ClN3O2S. The maximum atomic E-state index is 12.0. The van der Waals surface area contributed by atoms with E-state index in [0.29, 0.717) is 10.7 Å². The van der Waals surface area contributed by atoms with Gasteiger partial charge in [0.05, 0.1) is 16.3 Å². The number of aromatic hydroxyl groups is 1. The van der Waals surface area contributed by atoms with Crippen LogP contribution in [0.5, 0.6) is 5.75 Å². The van der Waals surface area contributed by atoms with Gasteiger partial charge in [-0.2, -0.15) is 0 Å². The van der Waals surface area contributed by atoms with Crippen molar-refractivity contribution in [2.24, 2.45) is 0 Å². The highest BCUT2D eigenvalue weighted by atomic mass is 35.5. The highest BCUT2D eigenvalue weighted by Crippen LogP contribution is 2.27. The standard InChI is InChI=1S/C16H16ClN3O2S/c1-9-7-10(2)14(12(17)8-9)18-16(23)20-19-15(22)11-5-3-4-6-13(11)21/h3-8,21H,1-2H3,(H,19,22)(H2,18,20,23). The fourth-order valence-electron chi connectivity index (χ4n) is 2.07. The second-order valence-corrected chi connectivity index (χ2v) is 5.80. The molecule has 0 saturated heterocycles. The van der Waals surface area contributed by atoms with E-state index >= 15 is 0 Å². The number of halogens is 1. The molecule has 7 heteroatoms. The number of hydrazine groups is 1. The third kappa shape index (κ3) is 4.34. The Hall–Kier alpha value is -2.31. The molecule has 0 radical (unpaired) electrons. The van der Waals surface area contributed by atoms with E-state index in [1.165, 1.54) is 12.1 Å². The van der Waals surface area contributed by atoms with E-state index in [-0.39, 0.29) is 16.4 Å². The van der Waals surface area contributed by atoms with Crippen LogP contribution in [0.25, 0.3) is 0 Å². The molecule has 0 aliphatic carbocycles. The van der Waals surface area contributed by atoms with Gasteiger partial charge in [0.15, 0.2) is 5.11 Å². The lowest BCUT2D eigenvalue weighted by Crippen LogP contribution is -2.43. The average molecular weight is 350 g/mol. The van der Waals surface area contributed by atoms with Gasteiger partial charge in [0.25, 0.3) is 5.91 Å². The Labute approximate surface area is 144 Å². The minimum absolute atomic E-state index is 0.108. The smallest absolute Gasteiger partial charge is 0.273 e. The molecule has 0 saturated carbocycles. The van der Waals surface area contributed by atoms with Gasteiger partial charge in [-0.05, 0) is 55.4 Å². The normalized spacial score (nSPS) is 10.0. The maximum absolute atomic E-state index is 12.0. The molecule has 2 rings (SSSR count). The SMILES string of the molecule is Cc1cc(C)c(NC(=S)NNC(=O)c2ccccc2O)c(Cl)c1. The van der Waals surface area contributed by atoms with Crippen LogP contribution in [0, 0.1) is 13.8 Å². The predicted molar refractivity (Wildman–Crippen MR) is 95.9 cm³/mol. The molecule has 2 aromatic carbocycles. The zero-order valence-corrected chi connectivity index (χ0v) is 14.2. The molecule has 0 fully saturated rings. The van der Waals surface area contributed by atoms with Gasteiger partial charge in [-0.3, -0.25) is 15.6 Å². The van der Waals surface area contributed by atoms with Crippen molar-refractivity contribution in [1.29, 1.82) is 0 Å². The number of carbonyl (C=O) groups is 1. The minimum atomic E-state index is -0.501. The first kappa shape index (κ1) is 17.1. The van der Waals surface area contributed by atoms with Crippen LogP contribution in [0.4, 0.5) is 5.69 Å². The number of phenolic OH excluding ortho intramolecular Hbond substituents is 1. The molecule has 2 aromatic rings. The Morgan fingerprint density at radius 1 is 1.17 bits per heavy atom. The number of rotatable bonds is 2. The molecule has 4 N–H and O–H groups in total. The molecule has 0 aromatic heterocycles. The van der Waals surface area contributed by atoms with Gasteiger partial charge in [0.1, 0.15) is 5.75 Å². The second kappa shape index (κ2) is 7.30. The third-order valence-electron chi connectivity index (χ3n) is 3.11. The number of hydrogen-bond acceptors (Lipinski definition) is 3. The summed E-state index contributed by atoms with van der Waals surface area (Å²) in [6, 6.07) is 10.0. The summed E-state index contributed by atoms with van der Waals surface area (Å²) >= 11 is 11.3. The number of aryl methyl sites for hydroxylation is 2. The average Bonchev–Trinajstić information content (AvgIpc) is 2.49. The van der Waals surface area contributed by atoms with Crippen molar-refractivity contribution in [2.45, 2.75) is 13.8 Å². The van der Waals surface area contributed by atoms with Crippen LogP contribution in [0.1, 0.15) is 21.5 Å². The number of carbonyl (C=O) groups excluding carboxylic acids is 1. The predicted octanol–water partition coefficient (Wildman–Crippen LogP) is 3.29. The summed E-state index contributed by atoms with van der Waals surface area (Å²) in [5.41, 5.74) is 7.79. The Morgan fingerprint density at radius 2 is 1.87 bits per heavy atom. The van der Waals surface area contributed by atoms with Gasteiger partial charge in [0, 0.05) is 0 Å². The van der Waals surface area contributed by atoms with Crippen molar-refractivity contribution in [3.63, 3.8) is 0 Å². The summed E-state index contributed by atoms with van der Waals surface area (Å²) in [5.74, 6) is -0.609. The van der Waals surface area contributed by atoms with Gasteiger partial charge >= 0.3 is 0 Å². The summed E-state index contributed by atoms with van der Waals surface area (Å²) in [6.45, 7) is 3.86. The van der Waals surface area contributed by atoms with Crippen LogP contribution in [0.3, 0.4) is 0 Å². The maximum Gasteiger partial charge on any atom is 0.273 e. The number of benzene rings is 2. The number of nitrogens with one attached hydrogen (secondary N) is 3. The van der Waals surface area contributed by atoms with Crippen molar-refractivity contribution < 1.29 is 9.90 Å². The molecule has 5 nitrogen and oxygen atoms in total. The van der Waals surface area contributed by atoms with E-state index in [1.54, 1.807) is 12.1 Å². The Bertz CT molecular complexity index is 742. The van der Waals surface area contributed by atoms with E-state index in [2.05, 4.69) is 16.2 Å². The van der Waals surface area contributed by atoms with E-state index in [1.807, 2.05) is 26.0 Å². The van der Waals surface area contributed by atoms with Crippen molar-refractivity contribution in [1.82, 2.24) is 10.9 Å². The number of anilines is 1. The first-order chi connectivity index (χ1) is 10.9. The lowest BCUT2D eigenvalue weighted by atomic mass is 10.1. The van der Waals surface area contributed by atoms with E-state index in [0.717, 1.165) is 11.1 Å². The van der Waals surface area contributed by atoms with E-state index in [4.69, 9.17) is 23.8 Å². The van der Waals surface area contributed by atoms with Crippen molar-refractivity contribution in [3.05, 3.63) is 58.1 Å². The molecule has 0 bridgehead atoms. The van der Waals surface area contributed by atoms with Crippen LogP contribution < -0.4 is 16.2 Å². The molecule has 0 unspecified atom stereocenters. The zero-order chi connectivity index (χ0) is 17.0. The number of para-hydroxylation sites is 1. The van der Waals surface area contributed by atoms with Crippen LogP contribution in [0.15, 0.2) is 36.4 Å². The monoisotopic (exact) mass is 349 g/mol. The Morgan fingerprint density at radius 3 is 2.52 bits per heavy atom. The van der Waals surface area contributed by atoms with Crippen LogP contribution >= 0.6 is 23.8 Å². The summed E-state index contributed by atoms with van der Waals surface area (Å²) < 4.78 is 0. The largest absolute Gasteiger partial charge is 0.507 e. The van der Waals surface area contributed by atoms with Crippen molar-refractivity contribution in [2.75, 3.05) is 5.32 Å². The van der Waals surface area contributed by atoms with Gasteiger partial charge in [-0.25, -0.2) is 0 Å². The molecule has 0 aliphatic rings. The zero-order valence-electron chi connectivity index (χ0n) is 12.6. The van der Waals surface area contributed by atoms with Crippen molar-refractivity contribution in [3.8, 4) is 5.75 Å². The molecule has 0 atom stereocenters. The van der Waals surface area contributed by atoms with Gasteiger partial charge < -0.3 is 10.4 Å². The fourth-order valence-corrected chi connectivity index (χ4v) is 2.59. The van der Waals surface area contributed by atoms with E-state index in [9.17, 15) is 9.90 Å². The number of amides is 1.